The molecular weight excluding hydrogens is 314 g/mol. The van der Waals surface area contributed by atoms with Crippen molar-refractivity contribution in [2.45, 2.75) is 19.4 Å². The van der Waals surface area contributed by atoms with Crippen molar-refractivity contribution in [3.05, 3.63) is 72.1 Å². The third-order valence-electron chi connectivity index (χ3n) is 4.55. The first kappa shape index (κ1) is 15.4. The Morgan fingerprint density at radius 1 is 1.12 bits per heavy atom. The van der Waals surface area contributed by atoms with Crippen molar-refractivity contribution in [1.82, 2.24) is 9.78 Å². The third-order valence-corrected chi connectivity index (χ3v) is 4.55. The first-order valence-corrected chi connectivity index (χ1v) is 8.29. The number of aromatic nitrogens is 2. The van der Waals surface area contributed by atoms with Gasteiger partial charge in [0.15, 0.2) is 11.4 Å². The first-order chi connectivity index (χ1) is 12.2. The Bertz CT molecular complexity index is 918. The molecule has 2 heterocycles. The van der Waals surface area contributed by atoms with Crippen LogP contribution in [0.15, 0.2) is 60.8 Å². The Labute approximate surface area is 146 Å². The molecule has 0 N–H and O–H groups in total. The Morgan fingerprint density at radius 3 is 2.60 bits per heavy atom. The van der Waals surface area contributed by atoms with Crippen molar-refractivity contribution < 1.29 is 9.53 Å². The van der Waals surface area contributed by atoms with Crippen molar-refractivity contribution in [2.75, 3.05) is 12.0 Å². The van der Waals surface area contributed by atoms with Gasteiger partial charge in [-0.05, 0) is 37.1 Å². The molecule has 2 aromatic carbocycles. The largest absolute Gasteiger partial charge is 0.493 e. The van der Waals surface area contributed by atoms with Crippen LogP contribution in [0.5, 0.6) is 5.75 Å². The summed E-state index contributed by atoms with van der Waals surface area (Å²) in [7, 11) is 1.56. The number of fused-ring (bicyclic) bond motifs is 1. The van der Waals surface area contributed by atoms with Crippen LogP contribution < -0.4 is 9.64 Å². The van der Waals surface area contributed by atoms with Gasteiger partial charge in [0.25, 0.3) is 5.91 Å². The number of hydrogen-bond donors (Lipinski definition) is 0. The number of methoxy groups -OCH3 is 1. The van der Waals surface area contributed by atoms with Crippen molar-refractivity contribution in [1.29, 1.82) is 0 Å². The molecular formula is C20H19N3O2. The van der Waals surface area contributed by atoms with Crippen LogP contribution in [0.25, 0.3) is 5.69 Å². The molecule has 0 saturated carbocycles. The second kappa shape index (κ2) is 6.09. The summed E-state index contributed by atoms with van der Waals surface area (Å²) in [5.74, 6) is 0.342. The van der Waals surface area contributed by atoms with Crippen LogP contribution in [0.4, 0.5) is 5.69 Å². The van der Waals surface area contributed by atoms with Gasteiger partial charge in [0.1, 0.15) is 0 Å². The highest BCUT2D eigenvalue weighted by atomic mass is 16.5. The number of para-hydroxylation sites is 2. The maximum Gasteiger partial charge on any atom is 0.282 e. The molecule has 0 saturated heterocycles. The minimum absolute atomic E-state index is 0.0940. The zero-order valence-electron chi connectivity index (χ0n) is 14.2. The van der Waals surface area contributed by atoms with E-state index in [4.69, 9.17) is 4.74 Å². The fourth-order valence-corrected chi connectivity index (χ4v) is 3.36. The van der Waals surface area contributed by atoms with Crippen molar-refractivity contribution >= 4 is 11.6 Å². The number of anilines is 1. The molecule has 25 heavy (non-hydrogen) atoms. The number of rotatable bonds is 3. The predicted octanol–water partition coefficient (Wildman–Crippen LogP) is 3.47. The molecule has 1 atom stereocenters. The summed E-state index contributed by atoms with van der Waals surface area (Å²) in [6.07, 6.45) is 2.60. The Balaban J connectivity index is 1.75. The quantitative estimate of drug-likeness (QED) is 0.737. The summed E-state index contributed by atoms with van der Waals surface area (Å²) in [5.41, 5.74) is 3.35. The molecule has 126 valence electrons. The molecule has 1 aliphatic heterocycles. The zero-order valence-corrected chi connectivity index (χ0v) is 14.2. The van der Waals surface area contributed by atoms with E-state index in [0.717, 1.165) is 17.8 Å². The monoisotopic (exact) mass is 333 g/mol. The standard InChI is InChI=1S/C20H19N3O2/c1-14-12-15-8-6-7-11-17(15)23(14)20(24)19-18(25-2)13-22(21-19)16-9-4-3-5-10-16/h3-11,13-14H,12H2,1-2H3. The second-order valence-corrected chi connectivity index (χ2v) is 6.18. The summed E-state index contributed by atoms with van der Waals surface area (Å²) in [6, 6.07) is 17.8. The summed E-state index contributed by atoms with van der Waals surface area (Å²) in [6.45, 7) is 2.05. The highest BCUT2D eigenvalue weighted by Gasteiger charge is 2.34. The van der Waals surface area contributed by atoms with Gasteiger partial charge in [-0.1, -0.05) is 36.4 Å². The summed E-state index contributed by atoms with van der Waals surface area (Å²) in [5, 5.41) is 4.50. The number of ether oxygens (including phenoxy) is 1. The van der Waals surface area contributed by atoms with Gasteiger partial charge in [-0.2, -0.15) is 5.10 Å². The van der Waals surface area contributed by atoms with E-state index in [1.54, 1.807) is 18.0 Å². The third kappa shape index (κ3) is 2.58. The molecule has 0 radical (unpaired) electrons. The molecule has 0 fully saturated rings. The van der Waals surface area contributed by atoms with Crippen LogP contribution in [0.1, 0.15) is 23.0 Å². The Hall–Kier alpha value is -3.08. The fraction of sp³-hybridized carbons (Fsp3) is 0.200. The summed E-state index contributed by atoms with van der Waals surface area (Å²) >= 11 is 0. The van der Waals surface area contributed by atoms with Gasteiger partial charge in [-0.3, -0.25) is 4.79 Å². The first-order valence-electron chi connectivity index (χ1n) is 8.29. The zero-order chi connectivity index (χ0) is 17.4. The van der Waals surface area contributed by atoms with E-state index in [0.29, 0.717) is 11.4 Å². The van der Waals surface area contributed by atoms with E-state index in [1.165, 1.54) is 5.56 Å². The average molecular weight is 333 g/mol. The van der Waals surface area contributed by atoms with Gasteiger partial charge >= 0.3 is 0 Å². The second-order valence-electron chi connectivity index (χ2n) is 6.18. The number of carbonyl (C=O) groups excluding carboxylic acids is 1. The lowest BCUT2D eigenvalue weighted by Crippen LogP contribution is -2.36. The van der Waals surface area contributed by atoms with E-state index >= 15 is 0 Å². The van der Waals surface area contributed by atoms with E-state index in [-0.39, 0.29) is 11.9 Å². The molecule has 5 nitrogen and oxygen atoms in total. The molecule has 0 spiro atoms. The van der Waals surface area contributed by atoms with Crippen LogP contribution in [-0.2, 0) is 6.42 Å². The topological polar surface area (TPSA) is 47.4 Å². The van der Waals surface area contributed by atoms with Gasteiger partial charge in [0, 0.05) is 11.7 Å². The van der Waals surface area contributed by atoms with Crippen LogP contribution in [0.2, 0.25) is 0 Å². The van der Waals surface area contributed by atoms with Crippen molar-refractivity contribution in [3.8, 4) is 11.4 Å². The molecule has 1 aliphatic rings. The van der Waals surface area contributed by atoms with Crippen LogP contribution >= 0.6 is 0 Å². The Morgan fingerprint density at radius 2 is 1.84 bits per heavy atom. The average Bonchev–Trinajstić information content (AvgIpc) is 3.22. The molecule has 1 aromatic heterocycles. The van der Waals surface area contributed by atoms with Gasteiger partial charge in [0.2, 0.25) is 0 Å². The fourth-order valence-electron chi connectivity index (χ4n) is 3.36. The highest BCUT2D eigenvalue weighted by molar-refractivity contribution is 6.08. The lowest BCUT2D eigenvalue weighted by atomic mass is 10.1. The van der Waals surface area contributed by atoms with Gasteiger partial charge in [-0.25, -0.2) is 4.68 Å². The van der Waals surface area contributed by atoms with E-state index in [1.807, 2.05) is 53.4 Å². The molecule has 0 aliphatic carbocycles. The van der Waals surface area contributed by atoms with E-state index in [2.05, 4.69) is 18.1 Å². The SMILES string of the molecule is COc1cn(-c2ccccc2)nc1C(=O)N1c2ccccc2CC1C. The van der Waals surface area contributed by atoms with Gasteiger partial charge in [-0.15, -0.1) is 0 Å². The minimum atomic E-state index is -0.135. The lowest BCUT2D eigenvalue weighted by Gasteiger charge is -2.22. The van der Waals surface area contributed by atoms with Crippen molar-refractivity contribution in [3.63, 3.8) is 0 Å². The molecule has 5 heteroatoms. The lowest BCUT2D eigenvalue weighted by molar-refractivity contribution is 0.0973. The van der Waals surface area contributed by atoms with Gasteiger partial charge < -0.3 is 9.64 Å². The highest BCUT2D eigenvalue weighted by Crippen LogP contribution is 2.34. The van der Waals surface area contributed by atoms with Crippen LogP contribution in [-0.4, -0.2) is 28.8 Å². The van der Waals surface area contributed by atoms with E-state index in [9.17, 15) is 4.79 Å². The molecule has 3 aromatic rings. The van der Waals surface area contributed by atoms with Crippen LogP contribution in [0, 0.1) is 0 Å². The number of carbonyl (C=O) groups is 1. The number of hydrogen-bond acceptors (Lipinski definition) is 3. The number of nitrogens with zero attached hydrogens (tertiary/aromatic N) is 3. The smallest absolute Gasteiger partial charge is 0.282 e. The Kier molecular flexibility index (Phi) is 3.76. The predicted molar refractivity (Wildman–Crippen MR) is 96.5 cm³/mol. The molecule has 4 rings (SSSR count). The molecule has 1 amide bonds. The van der Waals surface area contributed by atoms with E-state index < -0.39 is 0 Å². The number of benzene rings is 2. The minimum Gasteiger partial charge on any atom is -0.493 e. The van der Waals surface area contributed by atoms with Gasteiger partial charge in [0.05, 0.1) is 19.0 Å². The van der Waals surface area contributed by atoms with Crippen molar-refractivity contribution in [2.24, 2.45) is 0 Å². The maximum absolute atomic E-state index is 13.2. The molecule has 1 unspecified atom stereocenters. The summed E-state index contributed by atoms with van der Waals surface area (Å²) in [4.78, 5) is 15.0. The number of amides is 1. The maximum atomic E-state index is 13.2. The molecule has 0 bridgehead atoms. The summed E-state index contributed by atoms with van der Waals surface area (Å²) < 4.78 is 7.10. The van der Waals surface area contributed by atoms with Crippen LogP contribution in [0.3, 0.4) is 0 Å². The normalized spacial score (nSPS) is 15.9.